The number of rotatable bonds is 3. The third kappa shape index (κ3) is 2.18. The summed E-state index contributed by atoms with van der Waals surface area (Å²) in [5.41, 5.74) is 3.00. The summed E-state index contributed by atoms with van der Waals surface area (Å²) >= 11 is 0. The Morgan fingerprint density at radius 3 is 2.62 bits per heavy atom. The molecule has 3 nitrogen and oxygen atoms in total. The predicted molar refractivity (Wildman–Crippen MR) is 63.8 cm³/mol. The minimum atomic E-state index is 0.116. The van der Waals surface area contributed by atoms with Gasteiger partial charge in [-0.2, -0.15) is 0 Å². The van der Waals surface area contributed by atoms with Crippen LogP contribution >= 0.6 is 0 Å². The van der Waals surface area contributed by atoms with Crippen molar-refractivity contribution in [1.29, 1.82) is 0 Å². The van der Waals surface area contributed by atoms with Crippen LogP contribution in [-0.2, 0) is 4.79 Å². The van der Waals surface area contributed by atoms with Gasteiger partial charge in [-0.3, -0.25) is 4.79 Å². The molecule has 2 rings (SSSR count). The van der Waals surface area contributed by atoms with E-state index < -0.39 is 0 Å². The lowest BCUT2D eigenvalue weighted by atomic mass is 10.1. The van der Waals surface area contributed by atoms with Crippen LogP contribution in [0.4, 0.5) is 5.69 Å². The third-order valence-electron chi connectivity index (χ3n) is 2.86. The van der Waals surface area contributed by atoms with Crippen LogP contribution in [0.2, 0.25) is 0 Å². The summed E-state index contributed by atoms with van der Waals surface area (Å²) in [6.07, 6.45) is 2.03. The lowest BCUT2D eigenvalue weighted by Crippen LogP contribution is -2.15. The molecular formula is C13H17NO2. The number of carbonyl (C=O) groups is 1. The number of benzene rings is 1. The highest BCUT2D eigenvalue weighted by Gasteiger charge is 2.30. The average Bonchev–Trinajstić information content (AvgIpc) is 3.04. The van der Waals surface area contributed by atoms with E-state index in [9.17, 15) is 4.79 Å². The molecule has 0 aromatic heterocycles. The van der Waals surface area contributed by atoms with E-state index in [0.29, 0.717) is 0 Å². The summed E-state index contributed by atoms with van der Waals surface area (Å²) in [5.74, 6) is 1.07. The van der Waals surface area contributed by atoms with Crippen LogP contribution in [0.3, 0.4) is 0 Å². The smallest absolute Gasteiger partial charge is 0.227 e. The van der Waals surface area contributed by atoms with Crippen LogP contribution in [0.5, 0.6) is 5.75 Å². The number of anilines is 1. The molecular weight excluding hydrogens is 202 g/mol. The molecule has 1 aliphatic rings. The van der Waals surface area contributed by atoms with Gasteiger partial charge in [-0.15, -0.1) is 0 Å². The zero-order chi connectivity index (χ0) is 11.7. The summed E-state index contributed by atoms with van der Waals surface area (Å²) in [6, 6.07) is 3.99. The summed E-state index contributed by atoms with van der Waals surface area (Å²) in [6.45, 7) is 4.00. The highest BCUT2D eigenvalue weighted by molar-refractivity contribution is 5.96. The van der Waals surface area contributed by atoms with E-state index in [0.717, 1.165) is 35.4 Å². The molecule has 0 atom stereocenters. The second kappa shape index (κ2) is 4.16. The van der Waals surface area contributed by atoms with Gasteiger partial charge in [-0.25, -0.2) is 0 Å². The highest BCUT2D eigenvalue weighted by atomic mass is 16.5. The van der Waals surface area contributed by atoms with Gasteiger partial charge in [-0.05, 0) is 43.9 Å². The van der Waals surface area contributed by atoms with Gasteiger partial charge in [0.05, 0.1) is 12.8 Å². The number of methoxy groups -OCH3 is 1. The number of nitrogens with one attached hydrogen (secondary N) is 1. The molecule has 1 aliphatic carbocycles. The molecule has 0 saturated heterocycles. The molecule has 0 heterocycles. The van der Waals surface area contributed by atoms with Crippen molar-refractivity contribution in [3.05, 3.63) is 23.3 Å². The third-order valence-corrected chi connectivity index (χ3v) is 2.86. The molecule has 1 fully saturated rings. The average molecular weight is 219 g/mol. The molecule has 16 heavy (non-hydrogen) atoms. The second-order valence-corrected chi connectivity index (χ2v) is 4.42. The maximum Gasteiger partial charge on any atom is 0.227 e. The molecule has 0 unspecified atom stereocenters. The topological polar surface area (TPSA) is 38.3 Å². The summed E-state index contributed by atoms with van der Waals surface area (Å²) in [5, 5.41) is 2.95. The van der Waals surface area contributed by atoms with Crippen molar-refractivity contribution < 1.29 is 9.53 Å². The molecule has 1 aromatic rings. The zero-order valence-electron chi connectivity index (χ0n) is 9.96. The Balaban J connectivity index is 2.27. The first kappa shape index (κ1) is 11.0. The quantitative estimate of drug-likeness (QED) is 0.848. The molecule has 1 amide bonds. The van der Waals surface area contributed by atoms with E-state index in [-0.39, 0.29) is 11.8 Å². The first-order valence-electron chi connectivity index (χ1n) is 5.58. The highest BCUT2D eigenvalue weighted by Crippen LogP contribution is 2.34. The zero-order valence-corrected chi connectivity index (χ0v) is 9.96. The van der Waals surface area contributed by atoms with Crippen molar-refractivity contribution in [3.63, 3.8) is 0 Å². The first-order chi connectivity index (χ1) is 7.61. The molecule has 1 N–H and O–H groups in total. The molecule has 1 saturated carbocycles. The Morgan fingerprint density at radius 1 is 1.38 bits per heavy atom. The summed E-state index contributed by atoms with van der Waals surface area (Å²) < 4.78 is 5.29. The number of hydrogen-bond donors (Lipinski definition) is 1. The number of carbonyl (C=O) groups excluding carboxylic acids is 1. The lowest BCUT2D eigenvalue weighted by Gasteiger charge is -2.13. The van der Waals surface area contributed by atoms with Crippen LogP contribution in [0, 0.1) is 19.8 Å². The maximum absolute atomic E-state index is 11.7. The molecule has 0 aliphatic heterocycles. The van der Waals surface area contributed by atoms with Crippen molar-refractivity contribution >= 4 is 11.6 Å². The van der Waals surface area contributed by atoms with Crippen molar-refractivity contribution in [2.45, 2.75) is 26.7 Å². The van der Waals surface area contributed by atoms with Crippen molar-refractivity contribution in [2.75, 3.05) is 12.4 Å². The van der Waals surface area contributed by atoms with Gasteiger partial charge in [0.25, 0.3) is 0 Å². The minimum Gasteiger partial charge on any atom is -0.495 e. The first-order valence-corrected chi connectivity index (χ1v) is 5.58. The van der Waals surface area contributed by atoms with Gasteiger partial charge < -0.3 is 10.1 Å². The van der Waals surface area contributed by atoms with Crippen LogP contribution < -0.4 is 10.1 Å². The van der Waals surface area contributed by atoms with Gasteiger partial charge in [0.2, 0.25) is 5.91 Å². The standard InChI is InChI=1S/C13H17NO2/c1-8-6-9(2)12(11(7-8)16-3)14-13(15)10-4-5-10/h6-7,10H,4-5H2,1-3H3,(H,14,15). The molecule has 0 bridgehead atoms. The van der Waals surface area contributed by atoms with E-state index in [4.69, 9.17) is 4.74 Å². The van der Waals surface area contributed by atoms with E-state index in [1.807, 2.05) is 26.0 Å². The van der Waals surface area contributed by atoms with E-state index in [2.05, 4.69) is 5.32 Å². The molecule has 3 heteroatoms. The van der Waals surface area contributed by atoms with E-state index >= 15 is 0 Å². The van der Waals surface area contributed by atoms with Crippen LogP contribution in [0.1, 0.15) is 24.0 Å². The Kier molecular flexibility index (Phi) is 2.86. The molecule has 0 radical (unpaired) electrons. The van der Waals surface area contributed by atoms with E-state index in [1.54, 1.807) is 7.11 Å². The monoisotopic (exact) mass is 219 g/mol. The predicted octanol–water partition coefficient (Wildman–Crippen LogP) is 2.66. The Hall–Kier alpha value is -1.51. The van der Waals surface area contributed by atoms with E-state index in [1.165, 1.54) is 0 Å². The van der Waals surface area contributed by atoms with Gasteiger partial charge in [0.15, 0.2) is 0 Å². The number of hydrogen-bond acceptors (Lipinski definition) is 2. The molecule has 86 valence electrons. The van der Waals surface area contributed by atoms with Crippen molar-refractivity contribution in [3.8, 4) is 5.75 Å². The van der Waals surface area contributed by atoms with Gasteiger partial charge >= 0.3 is 0 Å². The molecule has 1 aromatic carbocycles. The Labute approximate surface area is 95.8 Å². The minimum absolute atomic E-state index is 0.116. The SMILES string of the molecule is COc1cc(C)cc(C)c1NC(=O)C1CC1. The maximum atomic E-state index is 11.7. The summed E-state index contributed by atoms with van der Waals surface area (Å²) in [4.78, 5) is 11.7. The summed E-state index contributed by atoms with van der Waals surface area (Å²) in [7, 11) is 1.63. The van der Waals surface area contributed by atoms with Gasteiger partial charge in [-0.1, -0.05) is 6.07 Å². The van der Waals surface area contributed by atoms with Crippen LogP contribution in [0.15, 0.2) is 12.1 Å². The normalized spacial score (nSPS) is 14.7. The van der Waals surface area contributed by atoms with Crippen molar-refractivity contribution in [2.24, 2.45) is 5.92 Å². The Bertz CT molecular complexity index is 422. The van der Waals surface area contributed by atoms with Gasteiger partial charge in [0.1, 0.15) is 5.75 Å². The number of aryl methyl sites for hydroxylation is 2. The van der Waals surface area contributed by atoms with Crippen molar-refractivity contribution in [1.82, 2.24) is 0 Å². The largest absolute Gasteiger partial charge is 0.495 e. The fraction of sp³-hybridized carbons (Fsp3) is 0.462. The molecule has 0 spiro atoms. The van der Waals surface area contributed by atoms with Gasteiger partial charge in [0, 0.05) is 5.92 Å². The second-order valence-electron chi connectivity index (χ2n) is 4.42. The Morgan fingerprint density at radius 2 is 2.06 bits per heavy atom. The van der Waals surface area contributed by atoms with Crippen LogP contribution in [-0.4, -0.2) is 13.0 Å². The number of ether oxygens (including phenoxy) is 1. The van der Waals surface area contributed by atoms with Crippen LogP contribution in [0.25, 0.3) is 0 Å². The number of amides is 1. The fourth-order valence-corrected chi connectivity index (χ4v) is 1.82. The lowest BCUT2D eigenvalue weighted by molar-refractivity contribution is -0.117. The fourth-order valence-electron chi connectivity index (χ4n) is 1.82.